The molecule has 0 amide bonds. The van der Waals surface area contributed by atoms with Gasteiger partial charge in [-0.25, -0.2) is 9.38 Å². The molecule has 6 nitrogen and oxygen atoms in total. The summed E-state index contributed by atoms with van der Waals surface area (Å²) in [6.45, 7) is 4.52. The summed E-state index contributed by atoms with van der Waals surface area (Å²) in [5.41, 5.74) is 3.78. The van der Waals surface area contributed by atoms with Crippen LogP contribution < -0.4 is 15.5 Å². The molecule has 0 unspecified atom stereocenters. The van der Waals surface area contributed by atoms with Gasteiger partial charge in [0.25, 0.3) is 0 Å². The van der Waals surface area contributed by atoms with Gasteiger partial charge in [-0.2, -0.15) is 5.10 Å². The lowest BCUT2D eigenvalue weighted by atomic mass is 10.1. The summed E-state index contributed by atoms with van der Waals surface area (Å²) < 4.78 is 16.1. The lowest BCUT2D eigenvalue weighted by molar-refractivity contribution is 0.624. The van der Waals surface area contributed by atoms with E-state index in [0.29, 0.717) is 24.7 Å². The first-order chi connectivity index (χ1) is 14.6. The topological polar surface area (TPSA) is 57.5 Å². The van der Waals surface area contributed by atoms with E-state index in [-0.39, 0.29) is 5.82 Å². The molecular weight excluding hydrogens is 379 g/mol. The van der Waals surface area contributed by atoms with Crippen molar-refractivity contribution in [2.24, 2.45) is 4.99 Å². The van der Waals surface area contributed by atoms with Gasteiger partial charge in [0.05, 0.1) is 18.8 Å². The van der Waals surface area contributed by atoms with Crippen LogP contribution in [0.5, 0.6) is 0 Å². The van der Waals surface area contributed by atoms with E-state index in [0.717, 1.165) is 18.7 Å². The van der Waals surface area contributed by atoms with Crippen LogP contribution in [0.1, 0.15) is 23.6 Å². The van der Waals surface area contributed by atoms with E-state index < -0.39 is 0 Å². The van der Waals surface area contributed by atoms with Crippen LogP contribution in [0.4, 0.5) is 10.1 Å². The average Bonchev–Trinajstić information content (AvgIpc) is 3.24. The average molecular weight is 409 g/mol. The van der Waals surface area contributed by atoms with Gasteiger partial charge < -0.3 is 15.5 Å². The molecule has 0 aliphatic heterocycles. The Morgan fingerprint density at radius 2 is 1.90 bits per heavy atom. The first-order valence-electron chi connectivity index (χ1n) is 10.1. The second-order valence-electron chi connectivity index (χ2n) is 7.20. The van der Waals surface area contributed by atoms with Gasteiger partial charge in [0.1, 0.15) is 5.82 Å². The number of nitrogens with zero attached hydrogens (tertiary/aromatic N) is 4. The number of rotatable bonds is 8. The minimum absolute atomic E-state index is 0.238. The lowest BCUT2D eigenvalue weighted by Gasteiger charge is -2.15. The van der Waals surface area contributed by atoms with Crippen molar-refractivity contribution in [1.29, 1.82) is 0 Å². The smallest absolute Gasteiger partial charge is 0.191 e. The van der Waals surface area contributed by atoms with E-state index in [4.69, 9.17) is 0 Å². The quantitative estimate of drug-likeness (QED) is 0.443. The molecule has 0 saturated carbocycles. The standard InChI is InChI=1S/C23H29FN6/c1-4-25-23(26-15-18-10-11-22(29(2)3)21(24)14-18)27-16-19-8-5-6-9-20(19)17-30-13-7-12-28-30/h5-14H,4,15-17H2,1-3H3,(H2,25,26,27). The van der Waals surface area contributed by atoms with Gasteiger partial charge in [-0.05, 0) is 41.8 Å². The highest BCUT2D eigenvalue weighted by Gasteiger charge is 2.07. The van der Waals surface area contributed by atoms with Crippen molar-refractivity contribution in [3.05, 3.63) is 83.4 Å². The summed E-state index contributed by atoms with van der Waals surface area (Å²) in [6.07, 6.45) is 3.74. The Morgan fingerprint density at radius 1 is 1.10 bits per heavy atom. The number of halogens is 1. The highest BCUT2D eigenvalue weighted by molar-refractivity contribution is 5.79. The van der Waals surface area contributed by atoms with E-state index in [1.54, 1.807) is 23.2 Å². The third kappa shape index (κ3) is 5.83. The van der Waals surface area contributed by atoms with Crippen molar-refractivity contribution in [3.8, 4) is 0 Å². The Balaban J connectivity index is 1.67. The minimum atomic E-state index is -0.238. The van der Waals surface area contributed by atoms with E-state index in [1.165, 1.54) is 11.1 Å². The van der Waals surface area contributed by atoms with Crippen molar-refractivity contribution in [3.63, 3.8) is 0 Å². The largest absolute Gasteiger partial charge is 0.375 e. The number of guanidine groups is 1. The Bertz CT molecular complexity index is 966. The molecular formula is C23H29FN6. The maximum Gasteiger partial charge on any atom is 0.191 e. The molecule has 0 aliphatic carbocycles. The molecule has 0 saturated heterocycles. The number of anilines is 1. The van der Waals surface area contributed by atoms with Gasteiger partial charge in [-0.3, -0.25) is 4.68 Å². The zero-order chi connectivity index (χ0) is 21.3. The summed E-state index contributed by atoms with van der Waals surface area (Å²) in [4.78, 5) is 6.38. The number of benzene rings is 2. The van der Waals surface area contributed by atoms with Crippen molar-refractivity contribution in [1.82, 2.24) is 20.4 Å². The van der Waals surface area contributed by atoms with Gasteiger partial charge in [-0.1, -0.05) is 30.3 Å². The molecule has 0 aliphatic rings. The maximum absolute atomic E-state index is 14.2. The van der Waals surface area contributed by atoms with Crippen molar-refractivity contribution in [2.45, 2.75) is 26.6 Å². The van der Waals surface area contributed by atoms with E-state index in [9.17, 15) is 4.39 Å². The molecule has 158 valence electrons. The molecule has 1 aromatic heterocycles. The number of nitrogens with one attached hydrogen (secondary N) is 2. The molecule has 1 heterocycles. The van der Waals surface area contributed by atoms with E-state index in [1.807, 2.05) is 56.2 Å². The number of aromatic nitrogens is 2. The number of aliphatic imine (C=N–C) groups is 1. The monoisotopic (exact) mass is 408 g/mol. The van der Waals surface area contributed by atoms with Gasteiger partial charge in [0, 0.05) is 39.6 Å². The summed E-state index contributed by atoms with van der Waals surface area (Å²) in [5, 5.41) is 10.9. The first kappa shape index (κ1) is 21.4. The van der Waals surface area contributed by atoms with Gasteiger partial charge >= 0.3 is 0 Å². The van der Waals surface area contributed by atoms with Crippen molar-refractivity contribution < 1.29 is 4.39 Å². The highest BCUT2D eigenvalue weighted by Crippen LogP contribution is 2.18. The van der Waals surface area contributed by atoms with Gasteiger partial charge in [0.2, 0.25) is 0 Å². The molecule has 0 radical (unpaired) electrons. The predicted molar refractivity (Wildman–Crippen MR) is 120 cm³/mol. The Morgan fingerprint density at radius 3 is 2.57 bits per heavy atom. The maximum atomic E-state index is 14.2. The zero-order valence-corrected chi connectivity index (χ0v) is 17.8. The molecule has 30 heavy (non-hydrogen) atoms. The second kappa shape index (κ2) is 10.4. The molecule has 0 bridgehead atoms. The van der Waals surface area contributed by atoms with Crippen LogP contribution >= 0.6 is 0 Å². The third-order valence-corrected chi connectivity index (χ3v) is 4.71. The van der Waals surface area contributed by atoms with Crippen LogP contribution in [0.3, 0.4) is 0 Å². The molecule has 2 aromatic carbocycles. The number of hydrogen-bond acceptors (Lipinski definition) is 3. The molecule has 0 atom stereocenters. The second-order valence-corrected chi connectivity index (χ2v) is 7.20. The van der Waals surface area contributed by atoms with Crippen molar-refractivity contribution >= 4 is 11.6 Å². The SMILES string of the molecule is CCNC(=NCc1ccc(N(C)C)c(F)c1)NCc1ccccc1Cn1cccn1. The summed E-state index contributed by atoms with van der Waals surface area (Å²) in [7, 11) is 3.65. The fourth-order valence-corrected chi connectivity index (χ4v) is 3.16. The van der Waals surface area contributed by atoms with Gasteiger partial charge in [0.15, 0.2) is 5.96 Å². The first-order valence-corrected chi connectivity index (χ1v) is 10.1. The molecule has 0 fully saturated rings. The molecule has 7 heteroatoms. The Kier molecular flexibility index (Phi) is 7.43. The lowest BCUT2D eigenvalue weighted by Crippen LogP contribution is -2.37. The minimum Gasteiger partial charge on any atom is -0.375 e. The van der Waals surface area contributed by atoms with Crippen LogP contribution in [0, 0.1) is 5.82 Å². The zero-order valence-electron chi connectivity index (χ0n) is 17.8. The highest BCUT2D eigenvalue weighted by atomic mass is 19.1. The van der Waals surface area contributed by atoms with E-state index >= 15 is 0 Å². The van der Waals surface area contributed by atoms with E-state index in [2.05, 4.69) is 32.9 Å². The van der Waals surface area contributed by atoms with Gasteiger partial charge in [-0.15, -0.1) is 0 Å². The van der Waals surface area contributed by atoms with Crippen LogP contribution in [0.25, 0.3) is 0 Å². The summed E-state index contributed by atoms with van der Waals surface area (Å²) >= 11 is 0. The van der Waals surface area contributed by atoms with Crippen molar-refractivity contribution in [2.75, 3.05) is 25.5 Å². The fraction of sp³-hybridized carbons (Fsp3) is 0.304. The van der Waals surface area contributed by atoms with Crippen LogP contribution in [-0.4, -0.2) is 36.4 Å². The third-order valence-electron chi connectivity index (χ3n) is 4.71. The Labute approximate surface area is 177 Å². The summed E-state index contributed by atoms with van der Waals surface area (Å²) in [6, 6.07) is 15.4. The fourth-order valence-electron chi connectivity index (χ4n) is 3.16. The van der Waals surface area contributed by atoms with Crippen LogP contribution in [0.15, 0.2) is 65.9 Å². The number of hydrogen-bond donors (Lipinski definition) is 2. The predicted octanol–water partition coefficient (Wildman–Crippen LogP) is 3.39. The summed E-state index contributed by atoms with van der Waals surface area (Å²) in [5.74, 6) is 0.460. The molecule has 2 N–H and O–H groups in total. The Hall–Kier alpha value is -3.35. The molecule has 3 aromatic rings. The van der Waals surface area contributed by atoms with Crippen LogP contribution in [-0.2, 0) is 19.6 Å². The molecule has 3 rings (SSSR count). The molecule has 0 spiro atoms. The van der Waals surface area contributed by atoms with Crippen LogP contribution in [0.2, 0.25) is 0 Å². The normalized spacial score (nSPS) is 11.4.